The average molecular weight is 456 g/mol. The van der Waals surface area contributed by atoms with Gasteiger partial charge in [0.2, 0.25) is 0 Å². The second-order valence-corrected chi connectivity index (χ2v) is 8.47. The molecule has 0 heterocycles. The minimum atomic E-state index is -0.765. The molecule has 0 fully saturated rings. The van der Waals surface area contributed by atoms with Crippen LogP contribution in [0.3, 0.4) is 0 Å². The number of nitrogens with one attached hydrogen (secondary N) is 1. The zero-order valence-electron chi connectivity index (χ0n) is 20.8. The largest absolute Gasteiger partial charge is 0.464 e. The summed E-state index contributed by atoms with van der Waals surface area (Å²) in [5.74, 6) is -0.445. The van der Waals surface area contributed by atoms with Crippen molar-refractivity contribution >= 4 is 12.1 Å². The lowest BCUT2D eigenvalue weighted by molar-refractivity contribution is -0.146. The maximum Gasteiger partial charge on any atom is 0.407 e. The molecule has 0 spiro atoms. The predicted octanol–water partition coefficient (Wildman–Crippen LogP) is 6.72. The number of carbonyl (C=O) groups excluding carboxylic acids is 2. The number of ether oxygens (including phenoxy) is 3. The first-order chi connectivity index (χ1) is 15.7. The van der Waals surface area contributed by atoms with Crippen LogP contribution in [0.4, 0.5) is 4.79 Å². The number of hydrogen-bond acceptors (Lipinski definition) is 5. The van der Waals surface area contributed by atoms with E-state index in [-0.39, 0.29) is 6.61 Å². The SMILES string of the molecule is C=CCC(NC(=O)OCCOC)C(=O)OCCCCCCCCCCCCCCCCC. The fourth-order valence-electron chi connectivity index (χ4n) is 3.53. The van der Waals surface area contributed by atoms with E-state index < -0.39 is 18.1 Å². The molecule has 0 aliphatic rings. The number of methoxy groups -OCH3 is 1. The molecular formula is C26H49NO5. The molecule has 1 amide bonds. The molecule has 6 heteroatoms. The van der Waals surface area contributed by atoms with Gasteiger partial charge in [-0.2, -0.15) is 0 Å². The molecule has 1 unspecified atom stereocenters. The lowest BCUT2D eigenvalue weighted by atomic mass is 10.0. The summed E-state index contributed by atoms with van der Waals surface area (Å²) in [6, 6.07) is -0.765. The third-order valence-electron chi connectivity index (χ3n) is 5.49. The Hall–Kier alpha value is -1.56. The molecule has 0 bridgehead atoms. The minimum absolute atomic E-state index is 0.136. The summed E-state index contributed by atoms with van der Waals surface area (Å²) < 4.78 is 15.1. The molecule has 188 valence electrons. The van der Waals surface area contributed by atoms with Crippen molar-refractivity contribution in [2.24, 2.45) is 0 Å². The Morgan fingerprint density at radius 2 is 1.25 bits per heavy atom. The van der Waals surface area contributed by atoms with Gasteiger partial charge in [0.25, 0.3) is 0 Å². The molecule has 0 aromatic rings. The third-order valence-corrected chi connectivity index (χ3v) is 5.49. The molecule has 0 aliphatic heterocycles. The van der Waals surface area contributed by atoms with E-state index >= 15 is 0 Å². The molecule has 1 N–H and O–H groups in total. The van der Waals surface area contributed by atoms with E-state index in [9.17, 15) is 9.59 Å². The van der Waals surface area contributed by atoms with Crippen LogP contribution in [0.2, 0.25) is 0 Å². The number of carbonyl (C=O) groups is 2. The smallest absolute Gasteiger partial charge is 0.407 e. The van der Waals surface area contributed by atoms with E-state index in [2.05, 4.69) is 18.8 Å². The average Bonchev–Trinajstić information content (AvgIpc) is 2.78. The number of hydrogen-bond donors (Lipinski definition) is 1. The molecule has 0 rings (SSSR count). The third kappa shape index (κ3) is 20.3. The van der Waals surface area contributed by atoms with Crippen molar-refractivity contribution in [2.45, 2.75) is 116 Å². The van der Waals surface area contributed by atoms with Gasteiger partial charge >= 0.3 is 12.1 Å². The summed E-state index contributed by atoms with van der Waals surface area (Å²) in [5, 5.41) is 2.52. The highest BCUT2D eigenvalue weighted by Crippen LogP contribution is 2.13. The first-order valence-electron chi connectivity index (χ1n) is 12.8. The predicted molar refractivity (Wildman–Crippen MR) is 131 cm³/mol. The number of esters is 1. The van der Waals surface area contributed by atoms with E-state index in [1.807, 2.05) is 0 Å². The summed E-state index contributed by atoms with van der Waals surface area (Å²) >= 11 is 0. The maximum atomic E-state index is 12.2. The molecule has 6 nitrogen and oxygen atoms in total. The van der Waals surface area contributed by atoms with Crippen molar-refractivity contribution in [2.75, 3.05) is 26.9 Å². The second kappa shape index (κ2) is 24.1. The second-order valence-electron chi connectivity index (χ2n) is 8.47. The fraction of sp³-hybridized carbons (Fsp3) is 0.846. The standard InChI is InChI=1S/C26H49NO5/c1-4-6-7-8-9-10-11-12-13-14-15-16-17-18-19-21-31-25(28)24(20-5-2)27-26(29)32-23-22-30-3/h5,24H,2,4,6-23H2,1,3H3,(H,27,29). The summed E-state index contributed by atoms with van der Waals surface area (Å²) in [5.41, 5.74) is 0. The van der Waals surface area contributed by atoms with Crippen LogP contribution in [0.1, 0.15) is 110 Å². The van der Waals surface area contributed by atoms with Crippen molar-refractivity contribution < 1.29 is 23.8 Å². The molecular weight excluding hydrogens is 406 g/mol. The van der Waals surface area contributed by atoms with Gasteiger partial charge in [-0.1, -0.05) is 103 Å². The Labute approximate surface area is 196 Å². The topological polar surface area (TPSA) is 73.9 Å². The fourth-order valence-corrected chi connectivity index (χ4v) is 3.53. The van der Waals surface area contributed by atoms with Gasteiger partial charge in [0.15, 0.2) is 0 Å². The van der Waals surface area contributed by atoms with E-state index in [0.717, 1.165) is 12.8 Å². The van der Waals surface area contributed by atoms with Crippen LogP contribution in [-0.2, 0) is 19.0 Å². The molecule has 0 aliphatic carbocycles. The monoisotopic (exact) mass is 455 g/mol. The van der Waals surface area contributed by atoms with Gasteiger partial charge in [0.1, 0.15) is 12.6 Å². The quantitative estimate of drug-likeness (QED) is 0.105. The normalized spacial score (nSPS) is 11.7. The van der Waals surface area contributed by atoms with Crippen LogP contribution in [0.25, 0.3) is 0 Å². The number of amides is 1. The molecule has 0 aromatic carbocycles. The highest BCUT2D eigenvalue weighted by molar-refractivity contribution is 5.81. The Kier molecular flexibility index (Phi) is 22.9. The summed E-state index contributed by atoms with van der Waals surface area (Å²) in [7, 11) is 1.52. The molecule has 0 radical (unpaired) electrons. The summed E-state index contributed by atoms with van der Waals surface area (Å²) in [6.45, 7) is 6.72. The minimum Gasteiger partial charge on any atom is -0.464 e. The molecule has 32 heavy (non-hydrogen) atoms. The van der Waals surface area contributed by atoms with Gasteiger partial charge in [0, 0.05) is 7.11 Å². The first kappa shape index (κ1) is 30.4. The van der Waals surface area contributed by atoms with Gasteiger partial charge in [-0.05, 0) is 12.8 Å². The van der Waals surface area contributed by atoms with Crippen molar-refractivity contribution in [3.8, 4) is 0 Å². The first-order valence-corrected chi connectivity index (χ1v) is 12.8. The number of alkyl carbamates (subject to hydrolysis) is 1. The van der Waals surface area contributed by atoms with Gasteiger partial charge in [0.05, 0.1) is 13.2 Å². The Morgan fingerprint density at radius 3 is 1.72 bits per heavy atom. The molecule has 0 saturated carbocycles. The van der Waals surface area contributed by atoms with Crippen LogP contribution in [0, 0.1) is 0 Å². The van der Waals surface area contributed by atoms with E-state index in [1.54, 1.807) is 6.08 Å². The van der Waals surface area contributed by atoms with Crippen LogP contribution in [0.15, 0.2) is 12.7 Å². The Bertz CT molecular complexity index is 455. The lowest BCUT2D eigenvalue weighted by Gasteiger charge is -2.16. The van der Waals surface area contributed by atoms with Crippen molar-refractivity contribution in [3.63, 3.8) is 0 Å². The van der Waals surface area contributed by atoms with E-state index in [4.69, 9.17) is 14.2 Å². The molecule has 0 aromatic heterocycles. The van der Waals surface area contributed by atoms with Crippen LogP contribution in [0.5, 0.6) is 0 Å². The van der Waals surface area contributed by atoms with E-state index in [1.165, 1.54) is 90.6 Å². The van der Waals surface area contributed by atoms with Crippen LogP contribution >= 0.6 is 0 Å². The summed E-state index contributed by atoms with van der Waals surface area (Å²) in [6.07, 6.45) is 20.7. The maximum absolute atomic E-state index is 12.2. The number of rotatable bonds is 23. The highest BCUT2D eigenvalue weighted by Gasteiger charge is 2.21. The van der Waals surface area contributed by atoms with Crippen LogP contribution < -0.4 is 5.32 Å². The Balaban J connectivity index is 3.57. The highest BCUT2D eigenvalue weighted by atomic mass is 16.6. The van der Waals surface area contributed by atoms with Crippen molar-refractivity contribution in [1.82, 2.24) is 5.32 Å². The van der Waals surface area contributed by atoms with Gasteiger partial charge in [-0.3, -0.25) is 0 Å². The van der Waals surface area contributed by atoms with Gasteiger partial charge in [-0.15, -0.1) is 6.58 Å². The molecule has 0 saturated heterocycles. The zero-order chi connectivity index (χ0) is 23.7. The Morgan fingerprint density at radius 1 is 0.750 bits per heavy atom. The zero-order valence-corrected chi connectivity index (χ0v) is 20.8. The summed E-state index contributed by atoms with van der Waals surface area (Å²) in [4.78, 5) is 23.9. The van der Waals surface area contributed by atoms with Crippen molar-refractivity contribution in [3.05, 3.63) is 12.7 Å². The van der Waals surface area contributed by atoms with Gasteiger partial charge < -0.3 is 19.5 Å². The van der Waals surface area contributed by atoms with E-state index in [0.29, 0.717) is 19.6 Å². The van der Waals surface area contributed by atoms with Crippen molar-refractivity contribution in [1.29, 1.82) is 0 Å². The van der Waals surface area contributed by atoms with Crippen LogP contribution in [-0.4, -0.2) is 45.0 Å². The number of unbranched alkanes of at least 4 members (excludes halogenated alkanes) is 14. The van der Waals surface area contributed by atoms with Gasteiger partial charge in [-0.25, -0.2) is 9.59 Å². The molecule has 1 atom stereocenters. The lowest BCUT2D eigenvalue weighted by Crippen LogP contribution is -2.42.